The Balaban J connectivity index is 1.95. The third kappa shape index (κ3) is 5.17. The SMILES string of the molecule is C[C@@H](C(=O)Nc1ccccc1F)[NH+](C)CC(=O)Nc1c(Cl)cccc1Cl. The number of carbonyl (C=O) groups excluding carboxylic acids is 2. The van der Waals surface area contributed by atoms with Crippen LogP contribution in [0.1, 0.15) is 6.92 Å². The van der Waals surface area contributed by atoms with Gasteiger partial charge in [-0.3, -0.25) is 9.59 Å². The highest BCUT2D eigenvalue weighted by Gasteiger charge is 2.25. The van der Waals surface area contributed by atoms with Gasteiger partial charge in [0.25, 0.3) is 11.8 Å². The van der Waals surface area contributed by atoms with E-state index >= 15 is 0 Å². The Kier molecular flexibility index (Phi) is 6.97. The van der Waals surface area contributed by atoms with Gasteiger partial charge in [0, 0.05) is 0 Å². The molecule has 2 atom stereocenters. The summed E-state index contributed by atoms with van der Waals surface area (Å²) >= 11 is 12.0. The monoisotopic (exact) mass is 398 g/mol. The van der Waals surface area contributed by atoms with Crippen molar-refractivity contribution in [3.8, 4) is 0 Å². The summed E-state index contributed by atoms with van der Waals surface area (Å²) in [5.74, 6) is -1.25. The van der Waals surface area contributed by atoms with Crippen LogP contribution in [0.5, 0.6) is 0 Å². The van der Waals surface area contributed by atoms with Gasteiger partial charge in [0.15, 0.2) is 12.6 Å². The number of hydrogen-bond donors (Lipinski definition) is 3. The van der Waals surface area contributed by atoms with Crippen molar-refractivity contribution in [3.05, 3.63) is 58.3 Å². The summed E-state index contributed by atoms with van der Waals surface area (Å²) in [5, 5.41) is 5.83. The second-order valence-electron chi connectivity index (χ2n) is 5.86. The second-order valence-corrected chi connectivity index (χ2v) is 6.67. The molecule has 0 saturated carbocycles. The van der Waals surface area contributed by atoms with Gasteiger partial charge in [-0.05, 0) is 31.2 Å². The van der Waals surface area contributed by atoms with Gasteiger partial charge >= 0.3 is 0 Å². The van der Waals surface area contributed by atoms with Crippen LogP contribution >= 0.6 is 23.2 Å². The van der Waals surface area contributed by atoms with Crippen LogP contribution in [0.4, 0.5) is 15.8 Å². The molecule has 138 valence electrons. The molecular formula is C18H19Cl2FN3O2+. The van der Waals surface area contributed by atoms with E-state index in [9.17, 15) is 14.0 Å². The predicted molar refractivity (Wildman–Crippen MR) is 101 cm³/mol. The number of hydrogen-bond acceptors (Lipinski definition) is 2. The maximum atomic E-state index is 13.6. The largest absolute Gasteiger partial charge is 0.320 e. The molecule has 0 heterocycles. The van der Waals surface area contributed by atoms with Crippen molar-refractivity contribution in [2.75, 3.05) is 24.2 Å². The topological polar surface area (TPSA) is 62.6 Å². The van der Waals surface area contributed by atoms with Crippen LogP contribution in [0.3, 0.4) is 0 Å². The fourth-order valence-electron chi connectivity index (χ4n) is 2.23. The molecular weight excluding hydrogens is 380 g/mol. The standard InChI is InChI=1S/C18H18Cl2FN3O2/c1-11(18(26)22-15-9-4-3-8-14(15)21)24(2)10-16(25)23-17-12(19)6-5-7-13(17)20/h3-9,11H,10H2,1-2H3,(H,22,26)(H,23,25)/p+1/t11-/m0/s1. The lowest BCUT2D eigenvalue weighted by Crippen LogP contribution is -3.14. The molecule has 26 heavy (non-hydrogen) atoms. The first-order valence-corrected chi connectivity index (χ1v) is 8.66. The van der Waals surface area contributed by atoms with E-state index in [-0.39, 0.29) is 18.1 Å². The number of likely N-dealkylation sites (N-methyl/N-ethyl adjacent to an activating group) is 1. The average Bonchev–Trinajstić information content (AvgIpc) is 2.59. The van der Waals surface area contributed by atoms with Crippen LogP contribution in [-0.2, 0) is 9.59 Å². The summed E-state index contributed by atoms with van der Waals surface area (Å²) in [6.45, 7) is 1.66. The molecule has 1 unspecified atom stereocenters. The van der Waals surface area contributed by atoms with Crippen molar-refractivity contribution in [2.24, 2.45) is 0 Å². The lowest BCUT2D eigenvalue weighted by Gasteiger charge is -2.21. The van der Waals surface area contributed by atoms with Gasteiger partial charge in [-0.15, -0.1) is 0 Å². The Morgan fingerprint density at radius 1 is 1.08 bits per heavy atom. The number of para-hydroxylation sites is 2. The van der Waals surface area contributed by atoms with E-state index in [4.69, 9.17) is 23.2 Å². The van der Waals surface area contributed by atoms with Crippen molar-refractivity contribution >= 4 is 46.4 Å². The third-order valence-corrected chi connectivity index (χ3v) is 4.56. The van der Waals surface area contributed by atoms with Gasteiger partial charge in [-0.2, -0.15) is 0 Å². The molecule has 3 N–H and O–H groups in total. The molecule has 0 spiro atoms. The highest BCUT2D eigenvalue weighted by Crippen LogP contribution is 2.29. The summed E-state index contributed by atoms with van der Waals surface area (Å²) in [4.78, 5) is 25.1. The van der Waals surface area contributed by atoms with Gasteiger partial charge in [0.1, 0.15) is 5.82 Å². The molecule has 0 aromatic heterocycles. The van der Waals surface area contributed by atoms with Gasteiger partial charge in [-0.1, -0.05) is 41.4 Å². The van der Waals surface area contributed by atoms with Crippen molar-refractivity contribution in [1.82, 2.24) is 0 Å². The molecule has 2 aromatic carbocycles. The first-order chi connectivity index (χ1) is 12.3. The molecule has 0 radical (unpaired) electrons. The number of quaternary nitrogens is 1. The number of halogens is 3. The van der Waals surface area contributed by atoms with Crippen LogP contribution in [0, 0.1) is 5.82 Å². The van der Waals surface area contributed by atoms with E-state index in [1.165, 1.54) is 18.2 Å². The lowest BCUT2D eigenvalue weighted by molar-refractivity contribution is -0.885. The number of amides is 2. The van der Waals surface area contributed by atoms with Gasteiger partial charge in [0.05, 0.1) is 28.5 Å². The van der Waals surface area contributed by atoms with Crippen LogP contribution in [0.2, 0.25) is 10.0 Å². The highest BCUT2D eigenvalue weighted by atomic mass is 35.5. The third-order valence-electron chi connectivity index (χ3n) is 3.93. The second kappa shape index (κ2) is 8.98. The molecule has 0 aliphatic carbocycles. The predicted octanol–water partition coefficient (Wildman–Crippen LogP) is 2.61. The van der Waals surface area contributed by atoms with Crippen molar-refractivity contribution in [2.45, 2.75) is 13.0 Å². The number of carbonyl (C=O) groups is 2. The summed E-state index contributed by atoms with van der Waals surface area (Å²) in [6.07, 6.45) is 0. The Morgan fingerprint density at radius 2 is 1.69 bits per heavy atom. The van der Waals surface area contributed by atoms with Crippen molar-refractivity contribution < 1.29 is 18.9 Å². The smallest absolute Gasteiger partial charge is 0.282 e. The molecule has 0 bridgehead atoms. The minimum Gasteiger partial charge on any atom is -0.320 e. The van der Waals surface area contributed by atoms with E-state index in [0.29, 0.717) is 20.6 Å². The zero-order chi connectivity index (χ0) is 19.3. The lowest BCUT2D eigenvalue weighted by atomic mass is 10.2. The molecule has 2 amide bonds. The zero-order valence-electron chi connectivity index (χ0n) is 14.3. The number of benzene rings is 2. The number of anilines is 2. The summed E-state index contributed by atoms with van der Waals surface area (Å²) in [6, 6.07) is 10.2. The Labute approximate surface area is 161 Å². The summed E-state index contributed by atoms with van der Waals surface area (Å²) < 4.78 is 13.6. The molecule has 5 nitrogen and oxygen atoms in total. The molecule has 0 saturated heterocycles. The van der Waals surface area contributed by atoms with Gasteiger partial charge < -0.3 is 15.5 Å². The maximum Gasteiger partial charge on any atom is 0.282 e. The first-order valence-electron chi connectivity index (χ1n) is 7.91. The average molecular weight is 399 g/mol. The fraction of sp³-hybridized carbons (Fsp3) is 0.222. The van der Waals surface area contributed by atoms with E-state index in [1.807, 2.05) is 0 Å². The van der Waals surface area contributed by atoms with Crippen LogP contribution in [0.25, 0.3) is 0 Å². The molecule has 8 heteroatoms. The van der Waals surface area contributed by atoms with Gasteiger partial charge in [-0.25, -0.2) is 4.39 Å². The molecule has 0 aliphatic rings. The number of rotatable bonds is 6. The van der Waals surface area contributed by atoms with E-state index < -0.39 is 17.8 Å². The normalized spacial score (nSPS) is 13.0. The van der Waals surface area contributed by atoms with E-state index in [1.54, 1.807) is 38.2 Å². The van der Waals surface area contributed by atoms with Gasteiger partial charge in [0.2, 0.25) is 0 Å². The van der Waals surface area contributed by atoms with Crippen LogP contribution in [0.15, 0.2) is 42.5 Å². The first kappa shape index (κ1) is 20.2. The minimum absolute atomic E-state index is 0.00735. The maximum absolute atomic E-state index is 13.6. The number of nitrogens with one attached hydrogen (secondary N) is 3. The van der Waals surface area contributed by atoms with E-state index in [0.717, 1.165) is 0 Å². The highest BCUT2D eigenvalue weighted by molar-refractivity contribution is 6.39. The Bertz CT molecular complexity index is 797. The zero-order valence-corrected chi connectivity index (χ0v) is 15.8. The fourth-order valence-corrected chi connectivity index (χ4v) is 2.73. The summed E-state index contributed by atoms with van der Waals surface area (Å²) in [5.41, 5.74) is 0.432. The van der Waals surface area contributed by atoms with Crippen LogP contribution < -0.4 is 15.5 Å². The molecule has 0 fully saturated rings. The van der Waals surface area contributed by atoms with Crippen molar-refractivity contribution in [1.29, 1.82) is 0 Å². The molecule has 2 rings (SSSR count). The summed E-state index contributed by atoms with van der Waals surface area (Å²) in [7, 11) is 1.69. The Hall–Kier alpha value is -2.15. The van der Waals surface area contributed by atoms with E-state index in [2.05, 4.69) is 10.6 Å². The quantitative estimate of drug-likeness (QED) is 0.700. The minimum atomic E-state index is -0.581. The molecule has 2 aromatic rings. The Morgan fingerprint density at radius 3 is 2.31 bits per heavy atom. The van der Waals surface area contributed by atoms with Crippen LogP contribution in [-0.4, -0.2) is 31.4 Å². The molecule has 0 aliphatic heterocycles. The van der Waals surface area contributed by atoms with Crippen molar-refractivity contribution in [3.63, 3.8) is 0 Å².